The van der Waals surface area contributed by atoms with E-state index in [9.17, 15) is 14.0 Å². The van der Waals surface area contributed by atoms with E-state index in [4.69, 9.17) is 11.6 Å². The Morgan fingerprint density at radius 1 is 1.09 bits per heavy atom. The molecule has 5 nitrogen and oxygen atoms in total. The molecule has 5 rings (SSSR count). The van der Waals surface area contributed by atoms with Gasteiger partial charge in [-0.1, -0.05) is 53.7 Å². The van der Waals surface area contributed by atoms with Gasteiger partial charge in [-0.25, -0.2) is 9.37 Å². The van der Waals surface area contributed by atoms with Crippen LogP contribution >= 0.6 is 23.4 Å². The van der Waals surface area contributed by atoms with Gasteiger partial charge in [0, 0.05) is 34.4 Å². The number of nitrogens with zero attached hydrogens (tertiary/aromatic N) is 1. The number of aromatic amines is 1. The SMILES string of the molecule is O=C1CCCC2=C1[C@H](c1ccc(Cl)cc1)c1c(nc(SCc3ccccc3F)[nH]c1=O)N2. The van der Waals surface area contributed by atoms with Gasteiger partial charge in [0.1, 0.15) is 11.6 Å². The molecule has 2 aliphatic rings. The fourth-order valence-corrected chi connectivity index (χ4v) is 5.23. The standard InChI is InChI=1S/C24H19ClFN3O2S/c25-15-10-8-13(9-11-15)19-20-17(6-3-7-18(20)30)27-22-21(19)23(31)29-24(28-22)32-12-14-4-1-2-5-16(14)26/h1-2,4-5,8-11,19H,3,6-7,12H2,(H2,27,28,29,31)/t19-/m0/s1. The van der Waals surface area contributed by atoms with Gasteiger partial charge >= 0.3 is 0 Å². The van der Waals surface area contributed by atoms with Crippen molar-refractivity contribution in [1.82, 2.24) is 9.97 Å². The fraction of sp³-hybridized carbons (Fsp3) is 0.208. The third-order valence-corrected chi connectivity index (χ3v) is 6.94. The van der Waals surface area contributed by atoms with Crippen LogP contribution in [0.1, 0.15) is 41.9 Å². The summed E-state index contributed by atoms with van der Waals surface area (Å²) in [7, 11) is 0. The lowest BCUT2D eigenvalue weighted by Crippen LogP contribution is -2.32. The van der Waals surface area contributed by atoms with Gasteiger partial charge in [0.2, 0.25) is 0 Å². The molecule has 1 atom stereocenters. The quantitative estimate of drug-likeness (QED) is 0.396. The first-order valence-corrected chi connectivity index (χ1v) is 11.7. The second-order valence-electron chi connectivity index (χ2n) is 7.79. The van der Waals surface area contributed by atoms with Crippen molar-refractivity contribution in [2.45, 2.75) is 36.1 Å². The Kier molecular flexibility index (Phi) is 5.61. The third-order valence-electron chi connectivity index (χ3n) is 5.76. The molecular formula is C24H19ClFN3O2S. The molecule has 32 heavy (non-hydrogen) atoms. The topological polar surface area (TPSA) is 74.8 Å². The molecule has 1 aromatic heterocycles. The van der Waals surface area contributed by atoms with Crippen LogP contribution in [0.2, 0.25) is 5.02 Å². The Balaban J connectivity index is 1.56. The number of rotatable bonds is 4. The van der Waals surface area contributed by atoms with Gasteiger partial charge in [0.15, 0.2) is 10.9 Å². The highest BCUT2D eigenvalue weighted by atomic mass is 35.5. The minimum Gasteiger partial charge on any atom is -0.343 e. The average Bonchev–Trinajstić information content (AvgIpc) is 2.78. The summed E-state index contributed by atoms with van der Waals surface area (Å²) in [5, 5.41) is 4.22. The Bertz CT molecular complexity index is 1300. The van der Waals surface area contributed by atoms with Crippen molar-refractivity contribution in [3.8, 4) is 0 Å². The normalized spacial score (nSPS) is 17.6. The lowest BCUT2D eigenvalue weighted by molar-refractivity contribution is -0.116. The number of hydrogen-bond donors (Lipinski definition) is 2. The zero-order chi connectivity index (χ0) is 22.2. The molecule has 0 unspecified atom stereocenters. The van der Waals surface area contributed by atoms with Crippen LogP contribution in [0.15, 0.2) is 69.8 Å². The second kappa shape index (κ2) is 8.56. The van der Waals surface area contributed by atoms with Crippen LogP contribution in [0.3, 0.4) is 0 Å². The average molecular weight is 468 g/mol. The van der Waals surface area contributed by atoms with E-state index in [0.29, 0.717) is 44.9 Å². The molecule has 1 aliphatic carbocycles. The fourth-order valence-electron chi connectivity index (χ4n) is 4.26. The summed E-state index contributed by atoms with van der Waals surface area (Å²) in [6.07, 6.45) is 1.93. The Hall–Kier alpha value is -2.90. The van der Waals surface area contributed by atoms with E-state index in [1.165, 1.54) is 17.8 Å². The highest BCUT2D eigenvalue weighted by Crippen LogP contribution is 2.43. The molecule has 0 bridgehead atoms. The molecule has 3 aromatic rings. The molecular weight excluding hydrogens is 449 g/mol. The lowest BCUT2D eigenvalue weighted by Gasteiger charge is -2.32. The Labute approximate surface area is 193 Å². The zero-order valence-corrected chi connectivity index (χ0v) is 18.5. The first-order chi connectivity index (χ1) is 15.5. The maximum atomic E-state index is 14.0. The number of aromatic nitrogens is 2. The van der Waals surface area contributed by atoms with Crippen molar-refractivity contribution in [2.75, 3.05) is 5.32 Å². The van der Waals surface area contributed by atoms with Gasteiger partial charge < -0.3 is 10.3 Å². The predicted octanol–water partition coefficient (Wildman–Crippen LogP) is 5.42. The molecule has 0 radical (unpaired) electrons. The summed E-state index contributed by atoms with van der Waals surface area (Å²) in [5.74, 6) is 0.0198. The number of carbonyl (C=O) groups is 1. The molecule has 2 aromatic carbocycles. The molecule has 0 spiro atoms. The molecule has 0 fully saturated rings. The van der Waals surface area contributed by atoms with Crippen molar-refractivity contribution in [1.29, 1.82) is 0 Å². The highest BCUT2D eigenvalue weighted by Gasteiger charge is 2.37. The summed E-state index contributed by atoms with van der Waals surface area (Å²) in [6.45, 7) is 0. The summed E-state index contributed by atoms with van der Waals surface area (Å²) in [5.41, 5.74) is 2.90. The van der Waals surface area contributed by atoms with Crippen LogP contribution in [-0.4, -0.2) is 15.8 Å². The van der Waals surface area contributed by atoms with Gasteiger partial charge in [-0.3, -0.25) is 9.59 Å². The number of Topliss-reactive ketones (excluding diaryl/α,β-unsaturated/α-hetero) is 1. The van der Waals surface area contributed by atoms with Crippen molar-refractivity contribution >= 4 is 35.0 Å². The summed E-state index contributed by atoms with van der Waals surface area (Å²) in [6, 6.07) is 13.7. The van der Waals surface area contributed by atoms with Crippen molar-refractivity contribution < 1.29 is 9.18 Å². The first kappa shape index (κ1) is 21.0. The smallest absolute Gasteiger partial charge is 0.257 e. The minimum absolute atomic E-state index is 0.0433. The molecule has 0 amide bonds. The lowest BCUT2D eigenvalue weighted by atomic mass is 9.76. The van der Waals surface area contributed by atoms with Crippen LogP contribution in [-0.2, 0) is 10.5 Å². The van der Waals surface area contributed by atoms with E-state index in [1.807, 2.05) is 12.1 Å². The third kappa shape index (κ3) is 3.87. The van der Waals surface area contributed by atoms with Crippen LogP contribution < -0.4 is 10.9 Å². The zero-order valence-electron chi connectivity index (χ0n) is 17.0. The van der Waals surface area contributed by atoms with Crippen molar-refractivity contribution in [2.24, 2.45) is 0 Å². The summed E-state index contributed by atoms with van der Waals surface area (Å²) >= 11 is 7.32. The first-order valence-electron chi connectivity index (χ1n) is 10.3. The molecule has 162 valence electrons. The van der Waals surface area contributed by atoms with Gasteiger partial charge in [0.05, 0.1) is 5.56 Å². The summed E-state index contributed by atoms with van der Waals surface area (Å²) < 4.78 is 14.0. The number of thioether (sulfide) groups is 1. The maximum Gasteiger partial charge on any atom is 0.257 e. The molecule has 0 saturated heterocycles. The number of H-pyrrole nitrogens is 1. The highest BCUT2D eigenvalue weighted by molar-refractivity contribution is 7.98. The molecule has 0 saturated carbocycles. The van der Waals surface area contributed by atoms with E-state index < -0.39 is 5.92 Å². The predicted molar refractivity (Wildman–Crippen MR) is 124 cm³/mol. The number of fused-ring (bicyclic) bond motifs is 1. The second-order valence-corrected chi connectivity index (χ2v) is 9.19. The van der Waals surface area contributed by atoms with Gasteiger partial charge in [-0.05, 0) is 42.2 Å². The van der Waals surface area contributed by atoms with Crippen LogP contribution in [0.5, 0.6) is 0 Å². The molecule has 8 heteroatoms. The number of carbonyl (C=O) groups excluding carboxylic acids is 1. The maximum absolute atomic E-state index is 14.0. The summed E-state index contributed by atoms with van der Waals surface area (Å²) in [4.78, 5) is 33.5. The Morgan fingerprint density at radius 2 is 1.88 bits per heavy atom. The van der Waals surface area contributed by atoms with Crippen molar-refractivity contribution in [3.05, 3.63) is 97.7 Å². The van der Waals surface area contributed by atoms with Gasteiger partial charge in [-0.2, -0.15) is 0 Å². The van der Waals surface area contributed by atoms with E-state index in [0.717, 1.165) is 24.1 Å². The van der Waals surface area contributed by atoms with Crippen molar-refractivity contribution in [3.63, 3.8) is 0 Å². The van der Waals surface area contributed by atoms with Crippen LogP contribution in [0, 0.1) is 5.82 Å². The number of halogens is 2. The number of ketones is 1. The van der Waals surface area contributed by atoms with E-state index in [-0.39, 0.29) is 17.2 Å². The number of hydrogen-bond acceptors (Lipinski definition) is 5. The van der Waals surface area contributed by atoms with Gasteiger partial charge in [-0.15, -0.1) is 0 Å². The van der Waals surface area contributed by atoms with E-state index in [1.54, 1.807) is 30.3 Å². The van der Waals surface area contributed by atoms with Crippen LogP contribution in [0.4, 0.5) is 10.2 Å². The molecule has 2 N–H and O–H groups in total. The van der Waals surface area contributed by atoms with E-state index in [2.05, 4.69) is 15.3 Å². The number of anilines is 1. The minimum atomic E-state index is -0.506. The van der Waals surface area contributed by atoms with Crippen LogP contribution in [0.25, 0.3) is 0 Å². The number of benzene rings is 2. The number of nitrogens with one attached hydrogen (secondary N) is 2. The molecule has 1 aliphatic heterocycles. The number of allylic oxidation sites excluding steroid dienone is 2. The Morgan fingerprint density at radius 3 is 2.66 bits per heavy atom. The largest absolute Gasteiger partial charge is 0.343 e. The van der Waals surface area contributed by atoms with E-state index >= 15 is 0 Å². The monoisotopic (exact) mass is 467 g/mol. The molecule has 2 heterocycles. The van der Waals surface area contributed by atoms with Gasteiger partial charge in [0.25, 0.3) is 5.56 Å².